The van der Waals surface area contributed by atoms with Crippen molar-refractivity contribution >= 4 is 0 Å². The van der Waals surface area contributed by atoms with E-state index in [1.165, 1.54) is 0 Å². The summed E-state index contributed by atoms with van der Waals surface area (Å²) >= 11 is 0. The van der Waals surface area contributed by atoms with E-state index in [1.807, 2.05) is 0 Å². The van der Waals surface area contributed by atoms with Crippen molar-refractivity contribution in [2.75, 3.05) is 13.2 Å². The maximum absolute atomic E-state index is 5.30. The minimum atomic E-state index is 0.816. The van der Waals surface area contributed by atoms with Gasteiger partial charge in [-0.05, 0) is 12.2 Å². The van der Waals surface area contributed by atoms with Crippen molar-refractivity contribution in [3.8, 4) is 0 Å². The smallest absolute Gasteiger partial charge is 0.156 e. The number of hydrogen-bond donors (Lipinski definition) is 0. The van der Waals surface area contributed by atoms with Gasteiger partial charge in [0, 0.05) is 12.8 Å². The lowest BCUT2D eigenvalue weighted by molar-refractivity contribution is 0.184. The molecular weight excluding hydrogens is 128 g/mol. The lowest BCUT2D eigenvalue weighted by atomic mass is 10.3. The van der Waals surface area contributed by atoms with Crippen LogP contribution in [0.15, 0.2) is 23.7 Å². The predicted octanol–water partition coefficient (Wildman–Crippen LogP) is 1.59. The molecule has 0 unspecified atom stereocenters. The minimum Gasteiger partial charge on any atom is -0.490 e. The van der Waals surface area contributed by atoms with Crippen LogP contribution in [0.5, 0.6) is 0 Å². The number of ether oxygens (including phenoxy) is 2. The molecule has 0 aromatic carbocycles. The number of hydrogen-bond acceptors (Lipinski definition) is 2. The van der Waals surface area contributed by atoms with E-state index in [0.29, 0.717) is 0 Å². The summed E-state index contributed by atoms with van der Waals surface area (Å²) in [6.07, 6.45) is 6.21. The molecule has 0 fully saturated rings. The molecule has 0 aromatic rings. The molecule has 2 rings (SSSR count). The highest BCUT2D eigenvalue weighted by Crippen LogP contribution is 2.23. The van der Waals surface area contributed by atoms with Crippen LogP contribution in [0.25, 0.3) is 0 Å². The molecule has 0 atom stereocenters. The third kappa shape index (κ3) is 0.897. The maximum atomic E-state index is 5.30. The summed E-state index contributed by atoms with van der Waals surface area (Å²) < 4.78 is 10.6. The van der Waals surface area contributed by atoms with Gasteiger partial charge in [-0.1, -0.05) is 0 Å². The van der Waals surface area contributed by atoms with Crippen LogP contribution in [-0.4, -0.2) is 13.2 Å². The molecule has 0 N–H and O–H groups in total. The second kappa shape index (κ2) is 2.37. The van der Waals surface area contributed by atoms with Gasteiger partial charge in [0.05, 0.1) is 13.2 Å². The van der Waals surface area contributed by atoms with Crippen molar-refractivity contribution in [3.63, 3.8) is 0 Å². The highest BCUT2D eigenvalue weighted by Gasteiger charge is 2.14. The van der Waals surface area contributed by atoms with Gasteiger partial charge >= 0.3 is 0 Å². The van der Waals surface area contributed by atoms with E-state index < -0.39 is 0 Å². The summed E-state index contributed by atoms with van der Waals surface area (Å²) in [6.45, 7) is 1.63. The fourth-order valence-electron chi connectivity index (χ4n) is 1.18. The molecule has 2 heteroatoms. The Kier molecular flexibility index (Phi) is 1.38. The van der Waals surface area contributed by atoms with E-state index in [0.717, 1.165) is 37.6 Å². The van der Waals surface area contributed by atoms with Crippen LogP contribution in [0, 0.1) is 0 Å². The van der Waals surface area contributed by atoms with Gasteiger partial charge < -0.3 is 9.47 Å². The van der Waals surface area contributed by atoms with Crippen molar-refractivity contribution in [1.82, 2.24) is 0 Å². The predicted molar refractivity (Wildman–Crippen MR) is 37.3 cm³/mol. The first-order chi connectivity index (χ1) is 4.97. The monoisotopic (exact) mass is 138 g/mol. The van der Waals surface area contributed by atoms with Gasteiger partial charge in [-0.25, -0.2) is 0 Å². The molecule has 2 nitrogen and oxygen atoms in total. The first kappa shape index (κ1) is 5.83. The second-order valence-corrected chi connectivity index (χ2v) is 2.41. The standard InChI is InChI=1S/C8H10O2/c1-3-7(9-5-1)8-4-2-6-10-8/h3-4H,1-2,5-6H2. The molecule has 2 aliphatic heterocycles. The molecule has 10 heavy (non-hydrogen) atoms. The van der Waals surface area contributed by atoms with Gasteiger partial charge in [0.2, 0.25) is 0 Å². The molecule has 0 saturated heterocycles. The van der Waals surface area contributed by atoms with Crippen LogP contribution >= 0.6 is 0 Å². The fraction of sp³-hybridized carbons (Fsp3) is 0.500. The van der Waals surface area contributed by atoms with Crippen LogP contribution in [0.3, 0.4) is 0 Å². The lowest BCUT2D eigenvalue weighted by Gasteiger charge is -2.03. The Morgan fingerprint density at radius 1 is 0.900 bits per heavy atom. The molecule has 0 spiro atoms. The lowest BCUT2D eigenvalue weighted by Crippen LogP contribution is -1.91. The van der Waals surface area contributed by atoms with Crippen LogP contribution in [-0.2, 0) is 9.47 Å². The zero-order valence-electron chi connectivity index (χ0n) is 5.80. The Labute approximate surface area is 60.1 Å². The largest absolute Gasteiger partial charge is 0.490 e. The average Bonchev–Trinajstić information content (AvgIpc) is 2.59. The Balaban J connectivity index is 2.10. The van der Waals surface area contributed by atoms with Gasteiger partial charge in [0.1, 0.15) is 0 Å². The molecule has 0 aromatic heterocycles. The fourth-order valence-corrected chi connectivity index (χ4v) is 1.18. The van der Waals surface area contributed by atoms with Crippen LogP contribution in [0.4, 0.5) is 0 Å². The average molecular weight is 138 g/mol. The zero-order valence-corrected chi connectivity index (χ0v) is 5.80. The van der Waals surface area contributed by atoms with Gasteiger partial charge in [-0.3, -0.25) is 0 Å². The first-order valence-electron chi connectivity index (χ1n) is 3.63. The Morgan fingerprint density at radius 2 is 1.40 bits per heavy atom. The van der Waals surface area contributed by atoms with Crippen LogP contribution in [0.1, 0.15) is 12.8 Å². The zero-order chi connectivity index (χ0) is 6.81. The normalized spacial score (nSPS) is 23.2. The molecule has 0 saturated carbocycles. The van der Waals surface area contributed by atoms with E-state index in [2.05, 4.69) is 12.2 Å². The molecule has 54 valence electrons. The van der Waals surface area contributed by atoms with Crippen molar-refractivity contribution < 1.29 is 9.47 Å². The Hall–Kier alpha value is -0.920. The Bertz CT molecular complexity index is 169. The van der Waals surface area contributed by atoms with Crippen molar-refractivity contribution in [2.24, 2.45) is 0 Å². The molecular formula is C8H10O2. The molecule has 0 bridgehead atoms. The van der Waals surface area contributed by atoms with Gasteiger partial charge in [0.15, 0.2) is 11.5 Å². The molecule has 0 radical (unpaired) electrons. The second-order valence-electron chi connectivity index (χ2n) is 2.41. The summed E-state index contributed by atoms with van der Waals surface area (Å²) in [5, 5.41) is 0. The summed E-state index contributed by atoms with van der Waals surface area (Å²) in [7, 11) is 0. The summed E-state index contributed by atoms with van der Waals surface area (Å²) in [5.74, 6) is 1.88. The molecule has 0 amide bonds. The third-order valence-electron chi connectivity index (χ3n) is 1.65. The molecule has 0 aliphatic carbocycles. The molecule has 2 aliphatic rings. The SMILES string of the molecule is C1=C(C2=CCCO2)OCC1. The quantitative estimate of drug-likeness (QED) is 0.548. The topological polar surface area (TPSA) is 18.5 Å². The summed E-state index contributed by atoms with van der Waals surface area (Å²) in [5.41, 5.74) is 0. The van der Waals surface area contributed by atoms with E-state index in [1.54, 1.807) is 0 Å². The van der Waals surface area contributed by atoms with Crippen molar-refractivity contribution in [3.05, 3.63) is 23.7 Å². The third-order valence-corrected chi connectivity index (χ3v) is 1.65. The van der Waals surface area contributed by atoms with Gasteiger partial charge in [-0.15, -0.1) is 0 Å². The van der Waals surface area contributed by atoms with E-state index in [4.69, 9.17) is 9.47 Å². The van der Waals surface area contributed by atoms with Crippen molar-refractivity contribution in [1.29, 1.82) is 0 Å². The Morgan fingerprint density at radius 3 is 1.70 bits per heavy atom. The highest BCUT2D eigenvalue weighted by molar-refractivity contribution is 5.23. The maximum Gasteiger partial charge on any atom is 0.156 e. The number of rotatable bonds is 1. The van der Waals surface area contributed by atoms with Gasteiger partial charge in [-0.2, -0.15) is 0 Å². The van der Waals surface area contributed by atoms with E-state index in [9.17, 15) is 0 Å². The first-order valence-corrected chi connectivity index (χ1v) is 3.63. The van der Waals surface area contributed by atoms with Gasteiger partial charge in [0.25, 0.3) is 0 Å². The summed E-state index contributed by atoms with van der Waals surface area (Å²) in [4.78, 5) is 0. The van der Waals surface area contributed by atoms with Crippen LogP contribution < -0.4 is 0 Å². The summed E-state index contributed by atoms with van der Waals surface area (Å²) in [6, 6.07) is 0. The highest BCUT2D eigenvalue weighted by atomic mass is 16.5. The molecule has 2 heterocycles. The van der Waals surface area contributed by atoms with Crippen molar-refractivity contribution in [2.45, 2.75) is 12.8 Å². The van der Waals surface area contributed by atoms with E-state index >= 15 is 0 Å². The minimum absolute atomic E-state index is 0.816. The van der Waals surface area contributed by atoms with E-state index in [-0.39, 0.29) is 0 Å². The van der Waals surface area contributed by atoms with Crippen LogP contribution in [0.2, 0.25) is 0 Å².